The van der Waals surface area contributed by atoms with Crippen molar-refractivity contribution in [2.45, 2.75) is 128 Å². The van der Waals surface area contributed by atoms with Crippen LogP contribution < -0.4 is 0 Å². The van der Waals surface area contributed by atoms with Gasteiger partial charge in [0.2, 0.25) is 5.12 Å². The van der Waals surface area contributed by atoms with Gasteiger partial charge in [0.05, 0.1) is 28.3 Å². The van der Waals surface area contributed by atoms with Crippen molar-refractivity contribution in [1.82, 2.24) is 0 Å². The van der Waals surface area contributed by atoms with Gasteiger partial charge in [0.1, 0.15) is 11.7 Å². The van der Waals surface area contributed by atoms with Gasteiger partial charge in [0.15, 0.2) is 5.78 Å². The van der Waals surface area contributed by atoms with Gasteiger partial charge in [0, 0.05) is 5.75 Å². The minimum absolute atomic E-state index is 0.0108. The summed E-state index contributed by atoms with van der Waals surface area (Å²) in [5.41, 5.74) is 11.0. The third kappa shape index (κ3) is 8.88. The summed E-state index contributed by atoms with van der Waals surface area (Å²) in [6.07, 6.45) is 4.96. The second-order valence-corrected chi connectivity index (χ2v) is 18.8. The molecule has 0 spiro atoms. The summed E-state index contributed by atoms with van der Waals surface area (Å²) in [5, 5.41) is 19.6. The first-order valence-electron chi connectivity index (χ1n) is 18.4. The zero-order valence-corrected chi connectivity index (χ0v) is 33.8. The zero-order valence-electron chi connectivity index (χ0n) is 32.1. The number of hydrogen-bond acceptors (Lipinski definition) is 8. The maximum Gasteiger partial charge on any atom is 0.321 e. The van der Waals surface area contributed by atoms with Gasteiger partial charge < -0.3 is 14.9 Å². The van der Waals surface area contributed by atoms with Crippen LogP contribution in [0.5, 0.6) is 0 Å². The van der Waals surface area contributed by atoms with Crippen LogP contribution in [0.15, 0.2) is 54.3 Å². The Labute approximate surface area is 318 Å². The molecule has 1 unspecified atom stereocenters. The first-order chi connectivity index (χ1) is 24.5. The van der Waals surface area contributed by atoms with Gasteiger partial charge in [-0.25, -0.2) is 0 Å². The topological polar surface area (TPSA) is 101 Å². The molecule has 0 bridgehead atoms. The molecule has 2 saturated carbocycles. The molecule has 2 N–H and O–H groups in total. The number of Topliss-reactive ketones (excluding diaryl/α,β-unsaturated/α-hetero) is 1. The lowest BCUT2D eigenvalue weighted by atomic mass is 9.82. The van der Waals surface area contributed by atoms with Gasteiger partial charge in [-0.1, -0.05) is 60.3 Å². The van der Waals surface area contributed by atoms with Crippen LogP contribution in [-0.4, -0.2) is 43.2 Å². The molecular weight excluding hydrogens is 689 g/mol. The molecule has 3 aromatic carbocycles. The first-order valence-corrected chi connectivity index (χ1v) is 20.2. The molecule has 2 fully saturated rings. The molecule has 278 valence electrons. The molecule has 3 aliphatic rings. The van der Waals surface area contributed by atoms with E-state index in [2.05, 4.69) is 24.3 Å². The van der Waals surface area contributed by atoms with Crippen LogP contribution in [0.1, 0.15) is 134 Å². The van der Waals surface area contributed by atoms with Crippen LogP contribution in [0, 0.1) is 27.7 Å². The van der Waals surface area contributed by atoms with Crippen molar-refractivity contribution in [1.29, 1.82) is 0 Å². The number of carbonyl (C=O) groups is 3. The van der Waals surface area contributed by atoms with E-state index in [1.165, 1.54) is 60.3 Å². The average Bonchev–Trinajstić information content (AvgIpc) is 4.00. The molecule has 1 atom stereocenters. The maximum absolute atomic E-state index is 13.8. The van der Waals surface area contributed by atoms with E-state index in [0.717, 1.165) is 44.5 Å². The van der Waals surface area contributed by atoms with Gasteiger partial charge in [0.25, 0.3) is 0 Å². The highest BCUT2D eigenvalue weighted by molar-refractivity contribution is 8.16. The lowest BCUT2D eigenvalue weighted by Gasteiger charge is -2.29. The molecule has 2 aliphatic carbocycles. The van der Waals surface area contributed by atoms with E-state index in [9.17, 15) is 24.6 Å². The molecule has 6 nitrogen and oxygen atoms in total. The van der Waals surface area contributed by atoms with Gasteiger partial charge in [-0.3, -0.25) is 14.4 Å². The summed E-state index contributed by atoms with van der Waals surface area (Å²) >= 11 is 2.73. The highest BCUT2D eigenvalue weighted by atomic mass is 32.2. The van der Waals surface area contributed by atoms with Crippen molar-refractivity contribution < 1.29 is 29.3 Å². The Morgan fingerprint density at radius 2 is 1.37 bits per heavy atom. The monoisotopic (exact) mass is 742 g/mol. The number of rotatable bonds is 12. The number of benzene rings is 3. The van der Waals surface area contributed by atoms with Gasteiger partial charge >= 0.3 is 5.97 Å². The molecule has 52 heavy (non-hydrogen) atoms. The highest BCUT2D eigenvalue weighted by Gasteiger charge is 2.43. The Morgan fingerprint density at radius 3 is 1.79 bits per heavy atom. The van der Waals surface area contributed by atoms with Gasteiger partial charge in [-0.15, -0.1) is 11.8 Å². The van der Waals surface area contributed by atoms with Crippen molar-refractivity contribution in [3.8, 4) is 0 Å². The lowest BCUT2D eigenvalue weighted by molar-refractivity contribution is -0.148. The number of aliphatic hydroxyl groups is 2. The number of ketones is 1. The van der Waals surface area contributed by atoms with E-state index in [1.807, 2.05) is 79.7 Å². The van der Waals surface area contributed by atoms with Crippen LogP contribution in [0.25, 0.3) is 5.57 Å². The lowest BCUT2D eigenvalue weighted by Crippen LogP contribution is -2.38. The normalized spacial score (nSPS) is 17.5. The molecule has 1 aliphatic heterocycles. The Hall–Kier alpha value is -3.33. The Kier molecular flexibility index (Phi) is 12.2. The third-order valence-electron chi connectivity index (χ3n) is 10.3. The fourth-order valence-corrected chi connectivity index (χ4v) is 9.06. The average molecular weight is 743 g/mol. The van der Waals surface area contributed by atoms with Crippen molar-refractivity contribution >= 4 is 46.0 Å². The van der Waals surface area contributed by atoms with Crippen LogP contribution >= 0.6 is 23.5 Å². The van der Waals surface area contributed by atoms with E-state index in [4.69, 9.17) is 4.74 Å². The van der Waals surface area contributed by atoms with Crippen LogP contribution in [0.2, 0.25) is 0 Å². The molecule has 8 heteroatoms. The summed E-state index contributed by atoms with van der Waals surface area (Å²) < 4.78 is 4.08. The number of esters is 1. The summed E-state index contributed by atoms with van der Waals surface area (Å²) in [6, 6.07) is 16.4. The van der Waals surface area contributed by atoms with Crippen LogP contribution in [-0.2, 0) is 31.5 Å². The van der Waals surface area contributed by atoms with E-state index in [-0.39, 0.29) is 29.9 Å². The smallest absolute Gasteiger partial charge is 0.321 e. The summed E-state index contributed by atoms with van der Waals surface area (Å²) in [7, 11) is 0. The fraction of sp³-hybridized carbons (Fsp3) is 0.477. The number of hydrogen-bond donors (Lipinski definition) is 2. The fourth-order valence-electron chi connectivity index (χ4n) is 7.11. The van der Waals surface area contributed by atoms with Crippen LogP contribution in [0.4, 0.5) is 0 Å². The SMILES string of the molecule is CCOC(=O)C(C(=O)C(C)(C)SCc1ccc(CO)cc1)c1c(C)cc(C2CC2)cc1C.Cc1cc(C2CC2)cc(C)c1C1=C(O)C(C)(C)SC1=O. The number of aliphatic hydroxyl groups excluding tert-OH is 2. The zero-order chi connectivity index (χ0) is 38.1. The van der Waals surface area contributed by atoms with E-state index in [1.54, 1.807) is 6.92 Å². The molecule has 0 radical (unpaired) electrons. The summed E-state index contributed by atoms with van der Waals surface area (Å²) in [5.74, 6) is 0.650. The Bertz CT molecular complexity index is 1830. The third-order valence-corrected chi connectivity index (χ3v) is 12.8. The van der Waals surface area contributed by atoms with Crippen molar-refractivity contribution in [2.24, 2.45) is 0 Å². The Morgan fingerprint density at radius 1 is 0.885 bits per heavy atom. The van der Waals surface area contributed by atoms with Crippen molar-refractivity contribution in [2.75, 3.05) is 6.61 Å². The Balaban J connectivity index is 0.000000223. The molecule has 0 aromatic heterocycles. The van der Waals surface area contributed by atoms with Gasteiger partial charge in [-0.2, -0.15) is 0 Å². The van der Waals surface area contributed by atoms with E-state index < -0.39 is 21.4 Å². The largest absolute Gasteiger partial charge is 0.510 e. The highest BCUT2D eigenvalue weighted by Crippen LogP contribution is 2.48. The minimum Gasteiger partial charge on any atom is -0.510 e. The summed E-state index contributed by atoms with van der Waals surface area (Å²) in [6.45, 7) is 17.6. The van der Waals surface area contributed by atoms with Gasteiger partial charge in [-0.05, 0) is 155 Å². The standard InChI is InChI=1S/C27H34O4S.C17H20O2S/c1-6-31-26(30)24(23-17(2)13-22(14-18(23)3)21-11-12-21)25(29)27(4,5)32-16-20-9-7-19(15-28)8-10-20;1-9-7-12(11-5-6-11)8-10(2)13(9)14-15(18)17(3,4)20-16(14)19/h7-10,13-14,21,24,28H,6,11-12,15-16H2,1-5H3;7-8,11,18H,5-6H2,1-4H3. The molecule has 6 rings (SSSR count). The molecule has 1 heterocycles. The summed E-state index contributed by atoms with van der Waals surface area (Å²) in [4.78, 5) is 39.1. The van der Waals surface area contributed by atoms with Crippen molar-refractivity contribution in [3.05, 3.63) is 110 Å². The van der Waals surface area contributed by atoms with E-state index >= 15 is 0 Å². The molecule has 3 aromatic rings. The van der Waals surface area contributed by atoms with E-state index in [0.29, 0.717) is 23.2 Å². The predicted octanol–water partition coefficient (Wildman–Crippen LogP) is 10.1. The maximum atomic E-state index is 13.8. The first kappa shape index (κ1) is 39.9. The minimum atomic E-state index is -0.928. The van der Waals surface area contributed by atoms with Crippen molar-refractivity contribution in [3.63, 3.8) is 0 Å². The number of thioether (sulfide) groups is 2. The quantitative estimate of drug-likeness (QED) is 0.140. The molecular formula is C44H54O6S2. The predicted molar refractivity (Wildman–Crippen MR) is 214 cm³/mol. The molecule has 0 amide bonds. The molecule has 0 saturated heterocycles. The second kappa shape index (κ2) is 16.0. The number of ether oxygens (including phenoxy) is 1. The van der Waals surface area contributed by atoms with Crippen LogP contribution in [0.3, 0.4) is 0 Å². The number of carbonyl (C=O) groups excluding carboxylic acids is 3. The number of aryl methyl sites for hydroxylation is 4. The second-order valence-electron chi connectivity index (χ2n) is 15.6.